The van der Waals surface area contributed by atoms with Crippen LogP contribution < -0.4 is 0 Å². The molecule has 6 heteroatoms. The smallest absolute Gasteiger partial charge is 0.161 e. The van der Waals surface area contributed by atoms with Crippen LogP contribution in [0.2, 0.25) is 5.02 Å². The largest absolute Gasteiger partial charge is 0.229 e. The molecule has 1 aromatic heterocycles. The van der Waals surface area contributed by atoms with Gasteiger partial charge in [0.2, 0.25) is 0 Å². The Morgan fingerprint density at radius 2 is 2.29 bits per heavy atom. The third-order valence-electron chi connectivity index (χ3n) is 2.21. The van der Waals surface area contributed by atoms with Crippen molar-refractivity contribution < 1.29 is 0 Å². The van der Waals surface area contributed by atoms with E-state index in [1.165, 1.54) is 0 Å². The molecule has 0 spiro atoms. The lowest BCUT2D eigenvalue weighted by atomic mass is 10.4. The van der Waals surface area contributed by atoms with E-state index in [1.54, 1.807) is 11.8 Å². The first kappa shape index (κ1) is 12.4. The molecular weight excluding hydrogens is 256 g/mol. The van der Waals surface area contributed by atoms with Gasteiger partial charge in [-0.1, -0.05) is 24.6 Å². The molecule has 0 atom stereocenters. The van der Waals surface area contributed by atoms with E-state index in [9.17, 15) is 0 Å². The van der Waals surface area contributed by atoms with Crippen LogP contribution in [0.4, 0.5) is 0 Å². The van der Waals surface area contributed by atoms with Gasteiger partial charge in [0, 0.05) is 16.5 Å². The zero-order valence-electron chi connectivity index (χ0n) is 9.51. The van der Waals surface area contributed by atoms with Crippen molar-refractivity contribution >= 4 is 23.4 Å². The minimum atomic E-state index is 0.753. The van der Waals surface area contributed by atoms with E-state index in [0.29, 0.717) is 0 Å². The molecule has 0 aliphatic rings. The maximum Gasteiger partial charge on any atom is 0.161 e. The normalized spacial score (nSPS) is 10.7. The van der Waals surface area contributed by atoms with Gasteiger partial charge < -0.3 is 0 Å². The lowest BCUT2D eigenvalue weighted by Gasteiger charge is -2.03. The number of nitrogens with zero attached hydrogens (tertiary/aromatic N) is 4. The number of aryl methyl sites for hydroxylation is 1. The van der Waals surface area contributed by atoms with Crippen LogP contribution in [0, 0.1) is 0 Å². The number of hydrogen-bond donors (Lipinski definition) is 0. The van der Waals surface area contributed by atoms with Crippen molar-refractivity contribution in [3.05, 3.63) is 35.1 Å². The van der Waals surface area contributed by atoms with Crippen LogP contribution in [0.15, 0.2) is 29.2 Å². The molecule has 0 fully saturated rings. The highest BCUT2D eigenvalue weighted by molar-refractivity contribution is 7.98. The Kier molecular flexibility index (Phi) is 4.39. The molecular formula is C11H13ClN4S. The lowest BCUT2D eigenvalue weighted by molar-refractivity contribution is 0.564. The average Bonchev–Trinajstić information content (AvgIpc) is 2.75. The molecule has 17 heavy (non-hydrogen) atoms. The van der Waals surface area contributed by atoms with E-state index in [0.717, 1.165) is 34.5 Å². The van der Waals surface area contributed by atoms with Crippen LogP contribution in [0.5, 0.6) is 0 Å². The minimum absolute atomic E-state index is 0.753. The van der Waals surface area contributed by atoms with Crippen LogP contribution in [-0.4, -0.2) is 20.2 Å². The number of rotatable bonds is 5. The monoisotopic (exact) mass is 268 g/mol. The number of halogens is 1. The van der Waals surface area contributed by atoms with Crippen molar-refractivity contribution in [2.45, 2.75) is 30.5 Å². The number of thioether (sulfide) groups is 1. The van der Waals surface area contributed by atoms with Crippen LogP contribution >= 0.6 is 23.4 Å². The van der Waals surface area contributed by atoms with Crippen molar-refractivity contribution in [2.24, 2.45) is 0 Å². The Morgan fingerprint density at radius 3 is 3.06 bits per heavy atom. The summed E-state index contributed by atoms with van der Waals surface area (Å²) in [6.07, 6.45) is 1.03. The molecule has 0 aliphatic heterocycles. The van der Waals surface area contributed by atoms with Gasteiger partial charge in [-0.15, -0.1) is 16.9 Å². The number of hydrogen-bond acceptors (Lipinski definition) is 4. The van der Waals surface area contributed by atoms with Crippen molar-refractivity contribution in [2.75, 3.05) is 0 Å². The second kappa shape index (κ2) is 6.02. The number of tetrazole rings is 1. The lowest BCUT2D eigenvalue weighted by Crippen LogP contribution is -2.04. The zero-order chi connectivity index (χ0) is 12.1. The van der Waals surface area contributed by atoms with Crippen LogP contribution in [-0.2, 0) is 12.3 Å². The van der Waals surface area contributed by atoms with Crippen molar-refractivity contribution in [1.82, 2.24) is 20.2 Å². The van der Waals surface area contributed by atoms with E-state index in [-0.39, 0.29) is 0 Å². The Bertz CT molecular complexity index is 486. The van der Waals surface area contributed by atoms with Crippen LogP contribution in [0.1, 0.15) is 19.2 Å². The third-order valence-corrected chi connectivity index (χ3v) is 3.43. The Balaban J connectivity index is 1.99. The summed E-state index contributed by atoms with van der Waals surface area (Å²) in [7, 11) is 0. The maximum absolute atomic E-state index is 5.93. The number of benzene rings is 1. The second-order valence-electron chi connectivity index (χ2n) is 3.56. The molecule has 0 unspecified atom stereocenters. The fraction of sp³-hybridized carbons (Fsp3) is 0.364. The van der Waals surface area contributed by atoms with Crippen LogP contribution in [0.3, 0.4) is 0 Å². The van der Waals surface area contributed by atoms with Gasteiger partial charge in [-0.2, -0.15) is 0 Å². The Labute approximate surface area is 109 Å². The average molecular weight is 269 g/mol. The van der Waals surface area contributed by atoms with Gasteiger partial charge in [-0.3, -0.25) is 0 Å². The molecule has 2 rings (SSSR count). The zero-order valence-corrected chi connectivity index (χ0v) is 11.1. The van der Waals surface area contributed by atoms with E-state index >= 15 is 0 Å². The summed E-state index contributed by atoms with van der Waals surface area (Å²) in [5.41, 5.74) is 0. The van der Waals surface area contributed by atoms with Gasteiger partial charge in [0.1, 0.15) is 0 Å². The first-order valence-corrected chi connectivity index (χ1v) is 6.79. The highest BCUT2D eigenvalue weighted by Crippen LogP contribution is 2.24. The predicted octanol–water partition coefficient (Wildman–Crippen LogP) is 3.03. The molecule has 1 heterocycles. The standard InChI is InChI=1S/C11H13ClN4S/c1-2-6-16-11(13-14-15-16)8-17-10-5-3-4-9(12)7-10/h3-5,7H,2,6,8H2,1H3. The van der Waals surface area contributed by atoms with Gasteiger partial charge in [0.25, 0.3) is 0 Å². The van der Waals surface area contributed by atoms with Crippen molar-refractivity contribution in [3.63, 3.8) is 0 Å². The summed E-state index contributed by atoms with van der Waals surface area (Å²) in [5, 5.41) is 12.4. The quantitative estimate of drug-likeness (QED) is 0.782. The molecule has 0 aliphatic carbocycles. The Morgan fingerprint density at radius 1 is 1.41 bits per heavy atom. The molecule has 4 nitrogen and oxygen atoms in total. The Hall–Kier alpha value is -1.07. The van der Waals surface area contributed by atoms with Gasteiger partial charge in [0.05, 0.1) is 5.75 Å². The molecule has 0 amide bonds. The number of aromatic nitrogens is 4. The van der Waals surface area contributed by atoms with Gasteiger partial charge >= 0.3 is 0 Å². The third kappa shape index (κ3) is 3.44. The fourth-order valence-electron chi connectivity index (χ4n) is 1.42. The van der Waals surface area contributed by atoms with Gasteiger partial charge in [0.15, 0.2) is 5.82 Å². The summed E-state index contributed by atoms with van der Waals surface area (Å²) < 4.78 is 1.84. The van der Waals surface area contributed by atoms with E-state index < -0.39 is 0 Å². The minimum Gasteiger partial charge on any atom is -0.229 e. The van der Waals surface area contributed by atoms with Gasteiger partial charge in [-0.25, -0.2) is 4.68 Å². The summed E-state index contributed by atoms with van der Waals surface area (Å²) in [6, 6.07) is 7.79. The molecule has 0 bridgehead atoms. The molecule has 2 aromatic rings. The molecule has 0 saturated heterocycles. The molecule has 0 radical (unpaired) electrons. The van der Waals surface area contributed by atoms with Crippen molar-refractivity contribution in [1.29, 1.82) is 0 Å². The first-order chi connectivity index (χ1) is 8.29. The predicted molar refractivity (Wildman–Crippen MR) is 69.1 cm³/mol. The molecule has 90 valence electrons. The van der Waals surface area contributed by atoms with Crippen LogP contribution in [0.25, 0.3) is 0 Å². The topological polar surface area (TPSA) is 43.6 Å². The van der Waals surface area contributed by atoms with E-state index in [4.69, 9.17) is 11.6 Å². The summed E-state index contributed by atoms with van der Waals surface area (Å²) in [5.74, 6) is 1.66. The van der Waals surface area contributed by atoms with Crippen molar-refractivity contribution in [3.8, 4) is 0 Å². The maximum atomic E-state index is 5.93. The highest BCUT2D eigenvalue weighted by atomic mass is 35.5. The molecule has 0 N–H and O–H groups in total. The summed E-state index contributed by atoms with van der Waals surface area (Å²) >= 11 is 7.61. The fourth-order valence-corrected chi connectivity index (χ4v) is 2.56. The molecule has 0 saturated carbocycles. The second-order valence-corrected chi connectivity index (χ2v) is 5.05. The van der Waals surface area contributed by atoms with E-state index in [2.05, 4.69) is 22.4 Å². The SMILES string of the molecule is CCCn1nnnc1CSc1cccc(Cl)c1. The summed E-state index contributed by atoms with van der Waals surface area (Å²) in [6.45, 7) is 2.97. The van der Waals surface area contributed by atoms with Gasteiger partial charge in [-0.05, 0) is 35.0 Å². The first-order valence-electron chi connectivity index (χ1n) is 5.43. The highest BCUT2D eigenvalue weighted by Gasteiger charge is 2.05. The summed E-state index contributed by atoms with van der Waals surface area (Å²) in [4.78, 5) is 1.13. The molecule has 1 aromatic carbocycles. The van der Waals surface area contributed by atoms with E-state index in [1.807, 2.05) is 28.9 Å².